The van der Waals surface area contributed by atoms with Crippen LogP contribution in [0.15, 0.2) is 71.4 Å². The first-order chi connectivity index (χ1) is 8.69. The van der Waals surface area contributed by atoms with Crippen molar-refractivity contribution >= 4 is 11.9 Å². The number of rotatable bonds is 3. The molecule has 2 heteroatoms. The van der Waals surface area contributed by atoms with E-state index in [4.69, 9.17) is 0 Å². The summed E-state index contributed by atoms with van der Waals surface area (Å²) in [5.74, 6) is 0. The number of likely N-dealkylation sites (N-methyl/N-ethyl adjacent to an activating group) is 1. The minimum Gasteiger partial charge on any atom is -0.315 e. The highest BCUT2D eigenvalue weighted by Crippen LogP contribution is 2.43. The molecular weight excluding hydrogens is 238 g/mol. The summed E-state index contributed by atoms with van der Waals surface area (Å²) in [6.07, 6.45) is 13.2. The molecule has 0 N–H and O–H groups in total. The normalized spacial score (nSPS) is 25.2. The molecule has 0 amide bonds. The van der Waals surface area contributed by atoms with Gasteiger partial charge in [-0.05, 0) is 43.0 Å². The Balaban J connectivity index is 3.35. The second-order valence-electron chi connectivity index (χ2n) is 3.87. The van der Waals surface area contributed by atoms with E-state index in [1.807, 2.05) is 12.2 Å². The van der Waals surface area contributed by atoms with Crippen molar-refractivity contribution in [1.29, 1.82) is 0 Å². The molecule has 1 aliphatic rings. The summed E-state index contributed by atoms with van der Waals surface area (Å²) < 4.78 is 2.17. The predicted molar refractivity (Wildman–Crippen MR) is 84.0 cm³/mol. The first-order valence-corrected chi connectivity index (χ1v) is 6.91. The third kappa shape index (κ3) is 3.08. The summed E-state index contributed by atoms with van der Waals surface area (Å²) in [4.78, 5) is 1.24. The van der Waals surface area contributed by atoms with E-state index >= 15 is 0 Å². The monoisotopic (exact) mass is 259 g/mol. The van der Waals surface area contributed by atoms with E-state index in [0.29, 0.717) is 0 Å². The van der Waals surface area contributed by atoms with Crippen LogP contribution in [0.4, 0.5) is 0 Å². The highest BCUT2D eigenvalue weighted by molar-refractivity contribution is 8.01. The minimum atomic E-state index is 1.02. The SMILES string of the molecule is C=C/C=C1SN(C)C(=C/C=C)/C(=C\C)C/1=C/CC. The van der Waals surface area contributed by atoms with Crippen LogP contribution in [0.5, 0.6) is 0 Å². The van der Waals surface area contributed by atoms with Crippen LogP contribution >= 0.6 is 11.9 Å². The van der Waals surface area contributed by atoms with Crippen LogP contribution in [0.25, 0.3) is 0 Å². The van der Waals surface area contributed by atoms with E-state index in [9.17, 15) is 0 Å². The molecule has 1 rings (SSSR count). The first-order valence-electron chi connectivity index (χ1n) is 6.14. The Morgan fingerprint density at radius 2 is 1.83 bits per heavy atom. The number of nitrogens with zero attached hydrogens (tertiary/aromatic N) is 1. The Morgan fingerprint density at radius 3 is 2.33 bits per heavy atom. The van der Waals surface area contributed by atoms with Crippen molar-refractivity contribution < 1.29 is 0 Å². The molecule has 1 nitrogen and oxygen atoms in total. The van der Waals surface area contributed by atoms with Gasteiger partial charge in [0.1, 0.15) is 0 Å². The zero-order chi connectivity index (χ0) is 13.5. The Bertz CT molecular complexity index is 450. The van der Waals surface area contributed by atoms with E-state index in [1.165, 1.54) is 21.7 Å². The lowest BCUT2D eigenvalue weighted by molar-refractivity contribution is 0.711. The fourth-order valence-electron chi connectivity index (χ4n) is 1.94. The molecule has 0 spiro atoms. The fourth-order valence-corrected chi connectivity index (χ4v) is 2.94. The second kappa shape index (κ2) is 7.12. The van der Waals surface area contributed by atoms with Gasteiger partial charge in [0.15, 0.2) is 0 Å². The van der Waals surface area contributed by atoms with Crippen LogP contribution < -0.4 is 0 Å². The number of allylic oxidation sites excluding steroid dienone is 8. The molecule has 18 heavy (non-hydrogen) atoms. The molecule has 0 radical (unpaired) electrons. The topological polar surface area (TPSA) is 3.24 Å². The van der Waals surface area contributed by atoms with E-state index < -0.39 is 0 Å². The highest BCUT2D eigenvalue weighted by atomic mass is 32.2. The Kier molecular flexibility index (Phi) is 5.79. The van der Waals surface area contributed by atoms with Gasteiger partial charge in [0.25, 0.3) is 0 Å². The molecule has 96 valence electrons. The smallest absolute Gasteiger partial charge is 0.0545 e. The summed E-state index contributed by atoms with van der Waals surface area (Å²) in [6, 6.07) is 0. The molecular formula is C16H21NS. The van der Waals surface area contributed by atoms with E-state index in [1.54, 1.807) is 11.9 Å². The van der Waals surface area contributed by atoms with Crippen molar-refractivity contribution in [3.8, 4) is 0 Å². The van der Waals surface area contributed by atoms with Gasteiger partial charge in [-0.2, -0.15) is 0 Å². The average molecular weight is 259 g/mol. The molecule has 0 aromatic heterocycles. The van der Waals surface area contributed by atoms with Gasteiger partial charge in [0, 0.05) is 17.5 Å². The van der Waals surface area contributed by atoms with Gasteiger partial charge in [-0.25, -0.2) is 0 Å². The first kappa shape index (κ1) is 14.7. The van der Waals surface area contributed by atoms with Crippen molar-refractivity contribution in [2.45, 2.75) is 20.3 Å². The van der Waals surface area contributed by atoms with E-state index in [-0.39, 0.29) is 0 Å². The summed E-state index contributed by atoms with van der Waals surface area (Å²) in [5, 5.41) is 0. The summed E-state index contributed by atoms with van der Waals surface area (Å²) in [5.41, 5.74) is 3.74. The fraction of sp³-hybridized carbons (Fsp3) is 0.250. The Hall–Kier alpha value is -1.41. The Morgan fingerprint density at radius 1 is 1.17 bits per heavy atom. The number of hydrogen-bond donors (Lipinski definition) is 0. The van der Waals surface area contributed by atoms with Gasteiger partial charge in [-0.15, -0.1) is 0 Å². The highest BCUT2D eigenvalue weighted by Gasteiger charge is 2.24. The van der Waals surface area contributed by atoms with Gasteiger partial charge in [-0.1, -0.05) is 44.4 Å². The molecule has 1 fully saturated rings. The molecule has 0 aliphatic carbocycles. The van der Waals surface area contributed by atoms with Gasteiger partial charge in [0.2, 0.25) is 0 Å². The predicted octanol–water partition coefficient (Wildman–Crippen LogP) is 5.00. The van der Waals surface area contributed by atoms with Crippen LogP contribution in [0.1, 0.15) is 20.3 Å². The van der Waals surface area contributed by atoms with Crippen LogP contribution in [-0.2, 0) is 0 Å². The molecule has 0 atom stereocenters. The zero-order valence-electron chi connectivity index (χ0n) is 11.4. The lowest BCUT2D eigenvalue weighted by Crippen LogP contribution is -2.18. The maximum absolute atomic E-state index is 3.79. The van der Waals surface area contributed by atoms with Crippen LogP contribution in [-0.4, -0.2) is 11.4 Å². The lowest BCUT2D eigenvalue weighted by Gasteiger charge is -2.32. The van der Waals surface area contributed by atoms with Crippen LogP contribution in [0.3, 0.4) is 0 Å². The molecule has 0 bridgehead atoms. The standard InChI is InChI=1S/C16H21NS/c1-6-10-14-13(9-4)15(11-7-2)17(5)18-16(14)12-8-3/h7-12H,2-3,6H2,1,4-5H3/b13-9-,14-10-,15-11+,16-12+. The molecule has 0 saturated carbocycles. The minimum absolute atomic E-state index is 1.02. The Labute approximate surface area is 115 Å². The van der Waals surface area contributed by atoms with Crippen molar-refractivity contribution in [2.24, 2.45) is 0 Å². The van der Waals surface area contributed by atoms with Crippen molar-refractivity contribution in [1.82, 2.24) is 4.31 Å². The maximum atomic E-state index is 3.79. The van der Waals surface area contributed by atoms with Gasteiger partial charge < -0.3 is 4.31 Å². The third-order valence-corrected chi connectivity index (χ3v) is 3.67. The zero-order valence-corrected chi connectivity index (χ0v) is 12.3. The third-order valence-electron chi connectivity index (χ3n) is 2.65. The van der Waals surface area contributed by atoms with Crippen LogP contribution in [0, 0.1) is 0 Å². The maximum Gasteiger partial charge on any atom is 0.0545 e. The molecule has 1 aliphatic heterocycles. The van der Waals surface area contributed by atoms with E-state index in [0.717, 1.165) is 6.42 Å². The molecule has 1 heterocycles. The van der Waals surface area contributed by atoms with Crippen molar-refractivity contribution in [3.63, 3.8) is 0 Å². The summed E-state index contributed by atoms with van der Waals surface area (Å²) in [7, 11) is 2.07. The van der Waals surface area contributed by atoms with Gasteiger partial charge in [0.05, 0.1) is 5.70 Å². The quantitative estimate of drug-likeness (QED) is 0.656. The molecule has 1 saturated heterocycles. The van der Waals surface area contributed by atoms with Gasteiger partial charge in [-0.3, -0.25) is 0 Å². The van der Waals surface area contributed by atoms with Crippen molar-refractivity contribution in [3.05, 3.63) is 71.4 Å². The number of hydrogen-bond acceptors (Lipinski definition) is 2. The summed E-state index contributed by atoms with van der Waals surface area (Å²) in [6.45, 7) is 11.8. The second-order valence-corrected chi connectivity index (χ2v) is 5.04. The summed E-state index contributed by atoms with van der Waals surface area (Å²) >= 11 is 1.72. The largest absolute Gasteiger partial charge is 0.315 e. The van der Waals surface area contributed by atoms with Crippen molar-refractivity contribution in [2.75, 3.05) is 7.05 Å². The van der Waals surface area contributed by atoms with Crippen LogP contribution in [0.2, 0.25) is 0 Å². The average Bonchev–Trinajstić information content (AvgIpc) is 2.35. The lowest BCUT2D eigenvalue weighted by atomic mass is 9.99. The molecule has 0 aromatic carbocycles. The van der Waals surface area contributed by atoms with E-state index in [2.05, 4.69) is 62.7 Å². The molecule has 0 unspecified atom stereocenters. The van der Waals surface area contributed by atoms with Gasteiger partial charge >= 0.3 is 0 Å². The molecule has 0 aromatic rings.